The zero-order chi connectivity index (χ0) is 28.7. The van der Waals surface area contributed by atoms with E-state index in [4.69, 9.17) is 28.4 Å². The topological polar surface area (TPSA) is 197 Å². The third-order valence-corrected chi connectivity index (χ3v) is 6.62. The van der Waals surface area contributed by atoms with E-state index in [1.54, 1.807) is 6.07 Å². The van der Waals surface area contributed by atoms with Crippen LogP contribution in [0.1, 0.15) is 12.0 Å². The Morgan fingerprint density at radius 2 is 1.90 bits per heavy atom. The molecule has 1 heterocycles. The molecule has 1 saturated heterocycles. The number of nitrogens with zero attached hydrogens (tertiary/aromatic N) is 1. The van der Waals surface area contributed by atoms with Crippen molar-refractivity contribution in [2.24, 2.45) is 0 Å². The van der Waals surface area contributed by atoms with Crippen LogP contribution in [0.4, 0.5) is 0 Å². The molecule has 2 aliphatic rings. The quantitative estimate of drug-likeness (QED) is 0.148. The van der Waals surface area contributed by atoms with E-state index >= 15 is 0 Å². The van der Waals surface area contributed by atoms with Gasteiger partial charge in [-0.15, -0.1) is 0 Å². The summed E-state index contributed by atoms with van der Waals surface area (Å²) in [5.41, 5.74) is 0.725. The van der Waals surface area contributed by atoms with Gasteiger partial charge < -0.3 is 54.0 Å². The lowest BCUT2D eigenvalue weighted by molar-refractivity contribution is -0.313. The van der Waals surface area contributed by atoms with Gasteiger partial charge in [0.2, 0.25) is 0 Å². The van der Waals surface area contributed by atoms with Crippen LogP contribution in [0.5, 0.6) is 11.5 Å². The zero-order valence-electron chi connectivity index (χ0n) is 21.6. The summed E-state index contributed by atoms with van der Waals surface area (Å²) < 4.78 is 33.2. The number of carbonyl (C=O) groups is 1. The first kappa shape index (κ1) is 30.5. The average Bonchev–Trinajstić information content (AvgIpc) is 2.94. The molecule has 1 aromatic carbocycles. The first-order valence-electron chi connectivity index (χ1n) is 12.1. The first-order valence-corrected chi connectivity index (χ1v) is 12.1. The van der Waals surface area contributed by atoms with Crippen molar-refractivity contribution in [3.05, 3.63) is 41.5 Å². The molecule has 39 heavy (non-hydrogen) atoms. The van der Waals surface area contributed by atoms with Crippen LogP contribution in [0.15, 0.2) is 35.9 Å². The molecule has 3 rings (SSSR count). The highest BCUT2D eigenvalue weighted by Gasteiger charge is 2.49. The molecular formula is C26H33NO12. The van der Waals surface area contributed by atoms with Gasteiger partial charge in [0.1, 0.15) is 30.5 Å². The van der Waals surface area contributed by atoms with Gasteiger partial charge in [-0.2, -0.15) is 5.26 Å². The number of nitriles is 1. The maximum atomic E-state index is 12.8. The molecule has 0 radical (unpaired) electrons. The first-order chi connectivity index (χ1) is 18.7. The van der Waals surface area contributed by atoms with Crippen molar-refractivity contribution in [2.45, 2.75) is 61.5 Å². The Kier molecular flexibility index (Phi) is 10.8. The summed E-state index contributed by atoms with van der Waals surface area (Å²) in [7, 11) is 4.19. The van der Waals surface area contributed by atoms with Gasteiger partial charge in [-0.25, -0.2) is 4.79 Å². The maximum absolute atomic E-state index is 12.8. The number of aliphatic hydroxyl groups is 4. The van der Waals surface area contributed by atoms with E-state index in [1.807, 2.05) is 6.07 Å². The summed E-state index contributed by atoms with van der Waals surface area (Å²) in [5.74, 6) is -0.640. The number of esters is 1. The lowest BCUT2D eigenvalue weighted by atomic mass is 9.84. The highest BCUT2D eigenvalue weighted by atomic mass is 16.7. The SMILES string of the molecule is COc1cc(/C=C/C(=O)O[C@H]2/C(=C\C#N)[C@H](O[C@@H]3O[C@H](CO)[C@@H](O)[C@H](O)[C@H]3O)C[C@H](OC)[C@@H]2OC)ccc1O. The Morgan fingerprint density at radius 3 is 2.51 bits per heavy atom. The number of methoxy groups -OCH3 is 3. The van der Waals surface area contributed by atoms with Gasteiger partial charge in [0.25, 0.3) is 0 Å². The fourth-order valence-electron chi connectivity index (χ4n) is 4.54. The smallest absolute Gasteiger partial charge is 0.331 e. The van der Waals surface area contributed by atoms with Crippen molar-refractivity contribution in [3.63, 3.8) is 0 Å². The van der Waals surface area contributed by atoms with E-state index in [-0.39, 0.29) is 23.5 Å². The normalized spacial score (nSPS) is 34.1. The Bertz CT molecular complexity index is 1080. The Morgan fingerprint density at radius 1 is 1.15 bits per heavy atom. The van der Waals surface area contributed by atoms with Crippen molar-refractivity contribution in [1.29, 1.82) is 5.26 Å². The second-order valence-corrected chi connectivity index (χ2v) is 8.93. The summed E-state index contributed by atoms with van der Waals surface area (Å²) in [6.45, 7) is -0.651. The van der Waals surface area contributed by atoms with E-state index in [0.717, 1.165) is 12.2 Å². The minimum absolute atomic E-state index is 0.0651. The molecule has 1 saturated carbocycles. The third kappa shape index (κ3) is 6.93. The van der Waals surface area contributed by atoms with Crippen LogP contribution in [0, 0.1) is 11.3 Å². The Hall–Kier alpha value is -3.06. The second-order valence-electron chi connectivity index (χ2n) is 8.93. The number of rotatable bonds is 9. The van der Waals surface area contributed by atoms with Crippen molar-refractivity contribution >= 4 is 12.0 Å². The van der Waals surface area contributed by atoms with Crippen molar-refractivity contribution in [1.82, 2.24) is 0 Å². The van der Waals surface area contributed by atoms with Gasteiger partial charge in [-0.3, -0.25) is 0 Å². The summed E-state index contributed by atoms with van der Waals surface area (Å²) >= 11 is 0. The standard InChI is InChI=1S/C26H33NO12/c1-34-17-10-13(4-6-15(17)29)5-7-20(30)39-24-14(8-9-27)16(11-18(35-2)25(24)36-3)37-26-23(33)22(32)21(31)19(12-28)38-26/h4-8,10,16,18-19,21-26,28-29,31-33H,11-12H2,1-3H3/b7-5+,14-8-/t16-,18+,19-,21-,22+,23-,24+,25+,26-/m1/s1. The zero-order valence-corrected chi connectivity index (χ0v) is 21.6. The molecule has 1 aliphatic heterocycles. The summed E-state index contributed by atoms with van der Waals surface area (Å²) in [4.78, 5) is 12.8. The molecule has 13 heteroatoms. The van der Waals surface area contributed by atoms with Crippen LogP contribution in [0.25, 0.3) is 6.08 Å². The minimum atomic E-state index is -1.68. The Labute approximate surface area is 225 Å². The molecule has 0 bridgehead atoms. The largest absolute Gasteiger partial charge is 0.504 e. The molecule has 5 N–H and O–H groups in total. The molecule has 1 aromatic rings. The third-order valence-electron chi connectivity index (χ3n) is 6.62. The number of phenolic OH excluding ortho intramolecular Hbond substituents is 1. The highest BCUT2D eigenvalue weighted by Crippen LogP contribution is 2.35. The van der Waals surface area contributed by atoms with Gasteiger partial charge in [0.15, 0.2) is 23.9 Å². The average molecular weight is 552 g/mol. The number of benzene rings is 1. The fourth-order valence-corrected chi connectivity index (χ4v) is 4.54. The van der Waals surface area contributed by atoms with E-state index in [2.05, 4.69) is 0 Å². The number of hydrogen-bond acceptors (Lipinski definition) is 13. The number of aromatic hydroxyl groups is 1. The van der Waals surface area contributed by atoms with Crippen molar-refractivity contribution in [2.75, 3.05) is 27.9 Å². The van der Waals surface area contributed by atoms with Gasteiger partial charge >= 0.3 is 5.97 Å². The van der Waals surface area contributed by atoms with Gasteiger partial charge in [0, 0.05) is 38.4 Å². The summed E-state index contributed by atoms with van der Waals surface area (Å²) in [5, 5.41) is 59.3. The number of aliphatic hydroxyl groups excluding tert-OH is 4. The molecule has 1 aliphatic carbocycles. The minimum Gasteiger partial charge on any atom is -0.504 e. The second kappa shape index (κ2) is 13.8. The van der Waals surface area contributed by atoms with E-state index in [1.165, 1.54) is 39.5 Å². The van der Waals surface area contributed by atoms with Gasteiger partial charge in [-0.1, -0.05) is 6.07 Å². The van der Waals surface area contributed by atoms with Crippen LogP contribution in [0.2, 0.25) is 0 Å². The molecule has 0 amide bonds. The molecule has 2 fully saturated rings. The number of phenols is 1. The Balaban J connectivity index is 1.85. The lowest BCUT2D eigenvalue weighted by Gasteiger charge is -2.45. The molecular weight excluding hydrogens is 518 g/mol. The van der Waals surface area contributed by atoms with Gasteiger partial charge in [-0.05, 0) is 23.8 Å². The van der Waals surface area contributed by atoms with Crippen LogP contribution in [-0.2, 0) is 28.5 Å². The molecule has 13 nitrogen and oxygen atoms in total. The van der Waals surface area contributed by atoms with Crippen LogP contribution in [0.3, 0.4) is 0 Å². The molecule has 0 spiro atoms. The van der Waals surface area contributed by atoms with Crippen LogP contribution in [-0.4, -0.2) is 115 Å². The van der Waals surface area contributed by atoms with Crippen molar-refractivity contribution in [3.8, 4) is 17.6 Å². The molecule has 214 valence electrons. The van der Waals surface area contributed by atoms with E-state index in [0.29, 0.717) is 5.56 Å². The number of hydrogen-bond donors (Lipinski definition) is 5. The van der Waals surface area contributed by atoms with Crippen LogP contribution >= 0.6 is 0 Å². The molecule has 9 atom stereocenters. The predicted molar refractivity (Wildman–Crippen MR) is 132 cm³/mol. The lowest BCUT2D eigenvalue weighted by Crippen LogP contribution is -2.61. The van der Waals surface area contributed by atoms with Crippen LogP contribution < -0.4 is 4.74 Å². The summed E-state index contributed by atoms with van der Waals surface area (Å²) in [6, 6.07) is 6.38. The number of allylic oxidation sites excluding steroid dienone is 1. The van der Waals surface area contributed by atoms with Gasteiger partial charge in [0.05, 0.1) is 32.0 Å². The number of ether oxygens (including phenoxy) is 6. The molecule has 0 aromatic heterocycles. The summed E-state index contributed by atoms with van der Waals surface area (Å²) in [6.07, 6.45) is -7.52. The highest BCUT2D eigenvalue weighted by molar-refractivity contribution is 5.87. The van der Waals surface area contributed by atoms with Crippen molar-refractivity contribution < 1.29 is 58.7 Å². The predicted octanol–water partition coefficient (Wildman–Crippen LogP) is -0.605. The monoisotopic (exact) mass is 551 g/mol. The van der Waals surface area contributed by atoms with E-state index in [9.17, 15) is 35.6 Å². The molecule has 0 unspecified atom stereocenters. The maximum Gasteiger partial charge on any atom is 0.331 e. The van der Waals surface area contributed by atoms with E-state index < -0.39 is 67.7 Å². The fraction of sp³-hybridized carbons (Fsp3) is 0.538. The number of carbonyl (C=O) groups excluding carboxylic acids is 1.